The molecule has 0 spiro atoms. The summed E-state index contributed by atoms with van der Waals surface area (Å²) in [6.45, 7) is 7.20. The minimum Gasteiger partial charge on any atom is -0.481 e. The fourth-order valence-electron chi connectivity index (χ4n) is 2.35. The molecule has 120 valence electrons. The Kier molecular flexibility index (Phi) is 5.99. The van der Waals surface area contributed by atoms with Gasteiger partial charge in [0.05, 0.1) is 5.41 Å². The van der Waals surface area contributed by atoms with Crippen LogP contribution in [0.15, 0.2) is 0 Å². The number of carbonyl (C=O) groups excluding carboxylic acids is 2. The first kappa shape index (κ1) is 17.3. The van der Waals surface area contributed by atoms with Crippen LogP contribution in [0.4, 0.5) is 4.79 Å². The first-order chi connectivity index (χ1) is 9.84. The van der Waals surface area contributed by atoms with E-state index in [-0.39, 0.29) is 18.5 Å². The number of nitrogens with one attached hydrogen (secondary N) is 1. The van der Waals surface area contributed by atoms with Crippen LogP contribution in [0.3, 0.4) is 0 Å². The van der Waals surface area contributed by atoms with Crippen molar-refractivity contribution < 1.29 is 19.5 Å². The Balaban J connectivity index is 2.59. The Labute approximate surface area is 125 Å². The smallest absolute Gasteiger partial charge is 0.320 e. The summed E-state index contributed by atoms with van der Waals surface area (Å²) in [6.07, 6.45) is 0.875. The first-order valence-corrected chi connectivity index (χ1v) is 7.38. The number of carbonyl (C=O) groups is 3. The zero-order valence-corrected chi connectivity index (χ0v) is 13.0. The maximum Gasteiger partial charge on any atom is 0.320 e. The average Bonchev–Trinajstić information content (AvgIpc) is 2.45. The summed E-state index contributed by atoms with van der Waals surface area (Å²) in [5.41, 5.74) is -0.757. The van der Waals surface area contributed by atoms with Crippen LogP contribution in [-0.2, 0) is 9.59 Å². The number of hydrogen-bond donors (Lipinski definition) is 2. The van der Waals surface area contributed by atoms with E-state index in [0.29, 0.717) is 39.0 Å². The van der Waals surface area contributed by atoms with Crippen LogP contribution in [-0.4, -0.2) is 65.5 Å². The molecule has 0 unspecified atom stereocenters. The van der Waals surface area contributed by atoms with Crippen molar-refractivity contribution in [2.24, 2.45) is 5.41 Å². The second-order valence-corrected chi connectivity index (χ2v) is 5.60. The van der Waals surface area contributed by atoms with Gasteiger partial charge in [-0.05, 0) is 33.6 Å². The van der Waals surface area contributed by atoms with Gasteiger partial charge >= 0.3 is 12.0 Å². The molecule has 0 aromatic rings. The van der Waals surface area contributed by atoms with Crippen LogP contribution in [0.2, 0.25) is 0 Å². The topological polar surface area (TPSA) is 90.0 Å². The number of piperidine rings is 1. The highest BCUT2D eigenvalue weighted by molar-refractivity contribution is 5.84. The van der Waals surface area contributed by atoms with Gasteiger partial charge in [-0.1, -0.05) is 0 Å². The summed E-state index contributed by atoms with van der Waals surface area (Å²) in [4.78, 5) is 38.3. The number of urea groups is 1. The highest BCUT2D eigenvalue weighted by Gasteiger charge is 2.38. The highest BCUT2D eigenvalue weighted by atomic mass is 16.4. The van der Waals surface area contributed by atoms with E-state index in [0.717, 1.165) is 0 Å². The number of likely N-dealkylation sites (tertiary alicyclic amines) is 1. The van der Waals surface area contributed by atoms with Crippen molar-refractivity contribution in [2.75, 3.05) is 32.7 Å². The van der Waals surface area contributed by atoms with Crippen LogP contribution in [0, 0.1) is 5.41 Å². The molecule has 21 heavy (non-hydrogen) atoms. The van der Waals surface area contributed by atoms with Gasteiger partial charge in [0.25, 0.3) is 0 Å². The van der Waals surface area contributed by atoms with Crippen LogP contribution >= 0.6 is 0 Å². The Hall–Kier alpha value is -1.79. The van der Waals surface area contributed by atoms with Crippen molar-refractivity contribution in [3.63, 3.8) is 0 Å². The molecule has 1 fully saturated rings. The maximum atomic E-state index is 12.4. The fourth-order valence-corrected chi connectivity index (χ4v) is 2.35. The van der Waals surface area contributed by atoms with Gasteiger partial charge in [-0.3, -0.25) is 9.59 Å². The standard InChI is InChI=1S/C14H25N3O4/c1-4-15-11(18)10-16(5-2)13(21)17-8-6-14(3,7-9-17)12(19)20/h4-10H2,1-3H3,(H,15,18)(H,19,20). The minimum absolute atomic E-state index is 0.0376. The second kappa shape index (κ2) is 7.28. The molecule has 1 saturated heterocycles. The second-order valence-electron chi connectivity index (χ2n) is 5.60. The molecule has 1 rings (SSSR count). The molecule has 0 atom stereocenters. The predicted octanol–water partition coefficient (Wildman–Crippen LogP) is 0.751. The van der Waals surface area contributed by atoms with Gasteiger partial charge in [0, 0.05) is 26.2 Å². The molecular weight excluding hydrogens is 274 g/mol. The molecular formula is C14H25N3O4. The van der Waals surface area contributed by atoms with Gasteiger partial charge in [0.15, 0.2) is 0 Å². The van der Waals surface area contributed by atoms with Gasteiger partial charge < -0.3 is 20.2 Å². The summed E-state index contributed by atoms with van der Waals surface area (Å²) >= 11 is 0. The van der Waals surface area contributed by atoms with E-state index < -0.39 is 11.4 Å². The SMILES string of the molecule is CCNC(=O)CN(CC)C(=O)N1CCC(C)(C(=O)O)CC1. The Bertz CT molecular complexity index is 403. The molecule has 1 aliphatic rings. The van der Waals surface area contributed by atoms with E-state index in [9.17, 15) is 19.5 Å². The Morgan fingerprint density at radius 1 is 1.24 bits per heavy atom. The zero-order valence-electron chi connectivity index (χ0n) is 13.0. The van der Waals surface area contributed by atoms with E-state index in [1.165, 1.54) is 4.90 Å². The van der Waals surface area contributed by atoms with Crippen molar-refractivity contribution in [2.45, 2.75) is 33.6 Å². The lowest BCUT2D eigenvalue weighted by Gasteiger charge is -2.38. The van der Waals surface area contributed by atoms with Gasteiger partial charge in [-0.2, -0.15) is 0 Å². The lowest BCUT2D eigenvalue weighted by Crippen LogP contribution is -2.51. The van der Waals surface area contributed by atoms with Gasteiger partial charge in [-0.25, -0.2) is 4.79 Å². The molecule has 0 aromatic heterocycles. The third-order valence-electron chi connectivity index (χ3n) is 4.01. The molecule has 7 nitrogen and oxygen atoms in total. The molecule has 7 heteroatoms. The lowest BCUT2D eigenvalue weighted by molar-refractivity contribution is -0.150. The van der Waals surface area contributed by atoms with Crippen LogP contribution in [0.25, 0.3) is 0 Å². The summed E-state index contributed by atoms with van der Waals surface area (Å²) in [5.74, 6) is -0.996. The van der Waals surface area contributed by atoms with Gasteiger partial charge in [0.1, 0.15) is 6.54 Å². The van der Waals surface area contributed by atoms with E-state index in [2.05, 4.69) is 5.32 Å². The molecule has 0 saturated carbocycles. The Morgan fingerprint density at radius 3 is 2.24 bits per heavy atom. The number of carboxylic acid groups (broad SMARTS) is 1. The number of amides is 3. The minimum atomic E-state index is -0.815. The number of hydrogen-bond acceptors (Lipinski definition) is 3. The molecule has 0 aromatic carbocycles. The van der Waals surface area contributed by atoms with E-state index in [1.54, 1.807) is 11.8 Å². The number of carboxylic acids is 1. The number of nitrogens with zero attached hydrogens (tertiary/aromatic N) is 2. The molecule has 0 aliphatic carbocycles. The van der Waals surface area contributed by atoms with Crippen LogP contribution in [0.1, 0.15) is 33.6 Å². The molecule has 2 N–H and O–H groups in total. The fraction of sp³-hybridized carbons (Fsp3) is 0.786. The molecule has 1 aliphatic heterocycles. The number of aliphatic carboxylic acids is 1. The van der Waals surface area contributed by atoms with Gasteiger partial charge in [-0.15, -0.1) is 0 Å². The van der Waals surface area contributed by atoms with Crippen molar-refractivity contribution in [1.29, 1.82) is 0 Å². The predicted molar refractivity (Wildman–Crippen MR) is 77.9 cm³/mol. The van der Waals surface area contributed by atoms with Crippen molar-refractivity contribution in [3.8, 4) is 0 Å². The van der Waals surface area contributed by atoms with Crippen molar-refractivity contribution in [3.05, 3.63) is 0 Å². The van der Waals surface area contributed by atoms with Crippen LogP contribution in [0.5, 0.6) is 0 Å². The summed E-state index contributed by atoms with van der Waals surface area (Å²) < 4.78 is 0. The number of rotatable bonds is 5. The van der Waals surface area contributed by atoms with Gasteiger partial charge in [0.2, 0.25) is 5.91 Å². The molecule has 0 bridgehead atoms. The van der Waals surface area contributed by atoms with Crippen LogP contribution < -0.4 is 5.32 Å². The summed E-state index contributed by atoms with van der Waals surface area (Å²) in [5, 5.41) is 11.9. The monoisotopic (exact) mass is 299 g/mol. The third kappa shape index (κ3) is 4.34. The summed E-state index contributed by atoms with van der Waals surface area (Å²) in [7, 11) is 0. The largest absolute Gasteiger partial charge is 0.481 e. The highest BCUT2D eigenvalue weighted by Crippen LogP contribution is 2.31. The van der Waals surface area contributed by atoms with Crippen molar-refractivity contribution in [1.82, 2.24) is 15.1 Å². The molecule has 3 amide bonds. The van der Waals surface area contributed by atoms with Crippen molar-refractivity contribution >= 4 is 17.9 Å². The van der Waals surface area contributed by atoms with E-state index in [4.69, 9.17) is 0 Å². The number of likely N-dealkylation sites (N-methyl/N-ethyl adjacent to an activating group) is 2. The zero-order chi connectivity index (χ0) is 16.0. The van der Waals surface area contributed by atoms with E-state index in [1.807, 2.05) is 13.8 Å². The first-order valence-electron chi connectivity index (χ1n) is 7.38. The quantitative estimate of drug-likeness (QED) is 0.784. The van der Waals surface area contributed by atoms with E-state index >= 15 is 0 Å². The summed E-state index contributed by atoms with van der Waals surface area (Å²) in [6, 6.07) is -0.198. The lowest BCUT2D eigenvalue weighted by atomic mass is 9.80. The average molecular weight is 299 g/mol. The Morgan fingerprint density at radius 2 is 1.81 bits per heavy atom. The normalized spacial score (nSPS) is 17.2. The third-order valence-corrected chi connectivity index (χ3v) is 4.01. The molecule has 0 radical (unpaired) electrons. The molecule has 1 heterocycles. The maximum absolute atomic E-state index is 12.4.